The average Bonchev–Trinajstić information content (AvgIpc) is 2.69. The van der Waals surface area contributed by atoms with Crippen LogP contribution in [0.4, 0.5) is 5.82 Å². The molecule has 2 heterocycles. The minimum Gasteiger partial charge on any atom is -0.409 e. The molecule has 0 amide bonds. The number of hydrogen-bond donors (Lipinski definition) is 2. The van der Waals surface area contributed by atoms with Crippen molar-refractivity contribution in [3.05, 3.63) is 18.1 Å². The van der Waals surface area contributed by atoms with Crippen LogP contribution in [0.2, 0.25) is 0 Å². The Labute approximate surface area is 100 Å². The van der Waals surface area contributed by atoms with Crippen molar-refractivity contribution in [2.75, 3.05) is 18.0 Å². The van der Waals surface area contributed by atoms with Gasteiger partial charge in [0.1, 0.15) is 11.5 Å². The summed E-state index contributed by atoms with van der Waals surface area (Å²) < 4.78 is 0. The van der Waals surface area contributed by atoms with Crippen LogP contribution in [0.15, 0.2) is 17.5 Å². The summed E-state index contributed by atoms with van der Waals surface area (Å²) in [4.78, 5) is 10.6. The van der Waals surface area contributed by atoms with E-state index in [9.17, 15) is 0 Å². The molecule has 6 nitrogen and oxygen atoms in total. The zero-order valence-electron chi connectivity index (χ0n) is 10.1. The van der Waals surface area contributed by atoms with Crippen LogP contribution in [0.1, 0.15) is 26.0 Å². The van der Waals surface area contributed by atoms with Crippen molar-refractivity contribution in [1.82, 2.24) is 9.97 Å². The fraction of sp³-hybridized carbons (Fsp3) is 0.545. The molecule has 0 aromatic carbocycles. The van der Waals surface area contributed by atoms with Crippen LogP contribution in [-0.4, -0.2) is 34.1 Å². The van der Waals surface area contributed by atoms with Gasteiger partial charge >= 0.3 is 0 Å². The Balaban J connectivity index is 2.14. The van der Waals surface area contributed by atoms with Crippen molar-refractivity contribution < 1.29 is 5.21 Å². The van der Waals surface area contributed by atoms with Gasteiger partial charge in [-0.25, -0.2) is 9.97 Å². The third-order valence-electron chi connectivity index (χ3n) is 3.01. The maximum absolute atomic E-state index is 8.52. The summed E-state index contributed by atoms with van der Waals surface area (Å²) in [7, 11) is 0. The van der Waals surface area contributed by atoms with Crippen molar-refractivity contribution in [1.29, 1.82) is 0 Å². The quantitative estimate of drug-likeness (QED) is 0.343. The number of anilines is 1. The van der Waals surface area contributed by atoms with Gasteiger partial charge in [-0.2, -0.15) is 0 Å². The smallest absolute Gasteiger partial charge is 0.190 e. The van der Waals surface area contributed by atoms with Crippen LogP contribution in [0.3, 0.4) is 0 Å². The lowest BCUT2D eigenvalue weighted by molar-refractivity contribution is 0.318. The second kappa shape index (κ2) is 4.20. The minimum atomic E-state index is -0.0224. The molecule has 3 N–H and O–H groups in total. The lowest BCUT2D eigenvalue weighted by atomic mass is 9.93. The number of aromatic nitrogens is 2. The molecule has 6 heteroatoms. The van der Waals surface area contributed by atoms with Crippen LogP contribution in [0.5, 0.6) is 0 Å². The van der Waals surface area contributed by atoms with Gasteiger partial charge in [0, 0.05) is 13.1 Å². The van der Waals surface area contributed by atoms with E-state index in [1.54, 1.807) is 6.20 Å². The molecular weight excluding hydrogens is 218 g/mol. The lowest BCUT2D eigenvalue weighted by Crippen LogP contribution is -2.24. The topological polar surface area (TPSA) is 87.6 Å². The Bertz CT molecular complexity index is 426. The Hall–Kier alpha value is -1.85. The monoisotopic (exact) mass is 235 g/mol. The number of rotatable bonds is 2. The normalized spacial score (nSPS) is 19.6. The summed E-state index contributed by atoms with van der Waals surface area (Å²) in [5.41, 5.74) is 6.13. The maximum atomic E-state index is 8.52. The molecule has 1 aliphatic rings. The molecule has 0 atom stereocenters. The molecule has 1 saturated heterocycles. The van der Waals surface area contributed by atoms with E-state index in [2.05, 4.69) is 33.9 Å². The molecule has 1 aromatic heterocycles. The van der Waals surface area contributed by atoms with Crippen LogP contribution >= 0.6 is 0 Å². The first kappa shape index (κ1) is 11.6. The second-order valence-electron chi connectivity index (χ2n) is 5.08. The maximum Gasteiger partial charge on any atom is 0.190 e. The second-order valence-corrected chi connectivity index (χ2v) is 5.08. The van der Waals surface area contributed by atoms with Gasteiger partial charge in [-0.15, -0.1) is 0 Å². The van der Waals surface area contributed by atoms with Gasteiger partial charge < -0.3 is 15.8 Å². The number of nitrogens with zero attached hydrogens (tertiary/aromatic N) is 4. The zero-order chi connectivity index (χ0) is 12.5. The van der Waals surface area contributed by atoms with Gasteiger partial charge in [-0.1, -0.05) is 19.0 Å². The zero-order valence-corrected chi connectivity index (χ0v) is 10.1. The molecule has 2 rings (SSSR count). The van der Waals surface area contributed by atoms with Gasteiger partial charge in [0.05, 0.1) is 12.4 Å². The third-order valence-corrected chi connectivity index (χ3v) is 3.01. The first-order valence-electron chi connectivity index (χ1n) is 5.57. The fourth-order valence-electron chi connectivity index (χ4n) is 1.98. The van der Waals surface area contributed by atoms with Gasteiger partial charge in [0.25, 0.3) is 0 Å². The van der Waals surface area contributed by atoms with E-state index in [4.69, 9.17) is 10.9 Å². The Kier molecular flexibility index (Phi) is 2.87. The molecule has 1 aromatic rings. The summed E-state index contributed by atoms with van der Waals surface area (Å²) >= 11 is 0. The highest BCUT2D eigenvalue weighted by molar-refractivity contribution is 5.94. The van der Waals surface area contributed by atoms with Crippen LogP contribution < -0.4 is 10.6 Å². The van der Waals surface area contributed by atoms with E-state index in [1.807, 2.05) is 0 Å². The average molecular weight is 235 g/mol. The largest absolute Gasteiger partial charge is 0.409 e. The number of oxime groups is 1. The van der Waals surface area contributed by atoms with E-state index < -0.39 is 0 Å². The predicted molar refractivity (Wildman–Crippen MR) is 65.2 cm³/mol. The molecule has 0 radical (unpaired) electrons. The van der Waals surface area contributed by atoms with Crippen molar-refractivity contribution >= 4 is 11.7 Å². The number of hydrogen-bond acceptors (Lipinski definition) is 5. The van der Waals surface area contributed by atoms with Crippen LogP contribution in [0.25, 0.3) is 0 Å². The van der Waals surface area contributed by atoms with E-state index in [0.717, 1.165) is 25.3 Å². The number of amidine groups is 1. The first-order valence-corrected chi connectivity index (χ1v) is 5.57. The van der Waals surface area contributed by atoms with Crippen molar-refractivity contribution in [2.45, 2.75) is 20.3 Å². The SMILES string of the molecule is CC1(C)CCN(c2cnc(C(N)=NO)cn2)C1. The Morgan fingerprint density at radius 3 is 2.71 bits per heavy atom. The molecule has 1 fully saturated rings. The van der Waals surface area contributed by atoms with E-state index >= 15 is 0 Å². The molecule has 0 unspecified atom stereocenters. The fourth-order valence-corrected chi connectivity index (χ4v) is 1.98. The van der Waals surface area contributed by atoms with Crippen LogP contribution in [-0.2, 0) is 0 Å². The summed E-state index contributed by atoms with van der Waals surface area (Å²) in [5.74, 6) is 0.816. The highest BCUT2D eigenvalue weighted by Gasteiger charge is 2.29. The van der Waals surface area contributed by atoms with Gasteiger partial charge in [0.15, 0.2) is 5.84 Å². The molecule has 17 heavy (non-hydrogen) atoms. The molecular formula is C11H17N5O. The van der Waals surface area contributed by atoms with Gasteiger partial charge in [0.2, 0.25) is 0 Å². The Morgan fingerprint density at radius 1 is 1.47 bits per heavy atom. The minimum absolute atomic E-state index is 0.0224. The third kappa shape index (κ3) is 2.46. The highest BCUT2D eigenvalue weighted by Crippen LogP contribution is 2.31. The van der Waals surface area contributed by atoms with E-state index in [-0.39, 0.29) is 5.84 Å². The predicted octanol–water partition coefficient (Wildman–Crippen LogP) is 0.807. The lowest BCUT2D eigenvalue weighted by Gasteiger charge is -2.20. The number of nitrogens with two attached hydrogens (primary N) is 1. The molecule has 1 aliphatic heterocycles. The summed E-state index contributed by atoms with van der Waals surface area (Å²) in [6.45, 7) is 6.45. The molecule has 0 spiro atoms. The van der Waals surface area contributed by atoms with Gasteiger partial charge in [-0.05, 0) is 11.8 Å². The summed E-state index contributed by atoms with van der Waals surface area (Å²) in [6.07, 6.45) is 4.33. The Morgan fingerprint density at radius 2 is 2.24 bits per heavy atom. The van der Waals surface area contributed by atoms with E-state index in [0.29, 0.717) is 11.1 Å². The van der Waals surface area contributed by atoms with Gasteiger partial charge in [-0.3, -0.25) is 0 Å². The standard InChI is InChI=1S/C11H17N5O/c1-11(2)3-4-16(7-11)9-6-13-8(5-14-9)10(12)15-17/h5-6,17H,3-4,7H2,1-2H3,(H2,12,15). The van der Waals surface area contributed by atoms with Crippen molar-refractivity contribution in [3.8, 4) is 0 Å². The van der Waals surface area contributed by atoms with E-state index in [1.165, 1.54) is 6.20 Å². The van der Waals surface area contributed by atoms with Crippen molar-refractivity contribution in [2.24, 2.45) is 16.3 Å². The van der Waals surface area contributed by atoms with Crippen molar-refractivity contribution in [3.63, 3.8) is 0 Å². The highest BCUT2D eigenvalue weighted by atomic mass is 16.4. The summed E-state index contributed by atoms with van der Waals surface area (Å²) in [6, 6.07) is 0. The first-order chi connectivity index (χ1) is 8.02. The molecule has 0 aliphatic carbocycles. The molecule has 92 valence electrons. The molecule has 0 bridgehead atoms. The molecule has 0 saturated carbocycles. The summed E-state index contributed by atoms with van der Waals surface area (Å²) in [5, 5.41) is 11.4. The van der Waals surface area contributed by atoms with Crippen LogP contribution in [0, 0.1) is 5.41 Å².